The first-order valence-electron chi connectivity index (χ1n) is 6.23. The molecule has 112 valence electrons. The number of nitrogens with one attached hydrogen (secondary N) is 1. The molecule has 8 heteroatoms. The normalized spacial score (nSPS) is 12.6. The standard InChI is InChI=1S/C12H17F3N4S/c1-8(2)16-6-9-10(18(3)7-12(13,14)15)17-11-19(9)4-5-20-11/h4-5,8,16H,6-7H2,1-3H3. The van der Waals surface area contributed by atoms with Crippen molar-refractivity contribution in [3.8, 4) is 0 Å². The highest BCUT2D eigenvalue weighted by molar-refractivity contribution is 7.15. The number of imidazole rings is 1. The van der Waals surface area contributed by atoms with Gasteiger partial charge in [0.05, 0.1) is 5.69 Å². The van der Waals surface area contributed by atoms with Crippen molar-refractivity contribution in [2.45, 2.75) is 32.6 Å². The van der Waals surface area contributed by atoms with Crippen molar-refractivity contribution in [1.82, 2.24) is 14.7 Å². The van der Waals surface area contributed by atoms with Gasteiger partial charge in [0.15, 0.2) is 10.8 Å². The molecular formula is C12H17F3N4S. The number of nitrogens with zero attached hydrogens (tertiary/aromatic N) is 3. The maximum atomic E-state index is 12.5. The van der Waals surface area contributed by atoms with Gasteiger partial charge in [0.25, 0.3) is 0 Å². The molecule has 0 spiro atoms. The number of aromatic nitrogens is 2. The predicted molar refractivity (Wildman–Crippen MR) is 74.4 cm³/mol. The summed E-state index contributed by atoms with van der Waals surface area (Å²) in [5.41, 5.74) is 0.752. The number of halogens is 3. The molecule has 0 aliphatic rings. The van der Waals surface area contributed by atoms with Crippen molar-refractivity contribution >= 4 is 22.1 Å². The molecule has 2 rings (SSSR count). The van der Waals surface area contributed by atoms with Crippen LogP contribution in [-0.4, -0.2) is 35.2 Å². The second-order valence-electron chi connectivity index (χ2n) is 4.94. The Hall–Kier alpha value is -1.28. The van der Waals surface area contributed by atoms with Crippen molar-refractivity contribution in [3.05, 3.63) is 17.3 Å². The molecule has 1 N–H and O–H groups in total. The van der Waals surface area contributed by atoms with E-state index in [2.05, 4.69) is 10.3 Å². The van der Waals surface area contributed by atoms with Crippen LogP contribution in [0, 0.1) is 0 Å². The van der Waals surface area contributed by atoms with Crippen LogP contribution < -0.4 is 10.2 Å². The quantitative estimate of drug-likeness (QED) is 0.922. The van der Waals surface area contributed by atoms with Crippen molar-refractivity contribution in [2.24, 2.45) is 0 Å². The summed E-state index contributed by atoms with van der Waals surface area (Å²) in [5, 5.41) is 5.09. The van der Waals surface area contributed by atoms with E-state index in [0.717, 1.165) is 10.6 Å². The van der Waals surface area contributed by atoms with E-state index in [1.54, 1.807) is 0 Å². The first-order chi connectivity index (χ1) is 9.28. The third kappa shape index (κ3) is 3.43. The average Bonchev–Trinajstić information content (AvgIpc) is 2.83. The highest BCUT2D eigenvalue weighted by atomic mass is 32.1. The Labute approximate surface area is 119 Å². The molecule has 0 aliphatic carbocycles. The van der Waals surface area contributed by atoms with Crippen LogP contribution in [-0.2, 0) is 6.54 Å². The van der Waals surface area contributed by atoms with E-state index in [-0.39, 0.29) is 6.04 Å². The molecular weight excluding hydrogens is 289 g/mol. The molecule has 0 unspecified atom stereocenters. The zero-order chi connectivity index (χ0) is 14.9. The number of hydrogen-bond acceptors (Lipinski definition) is 4. The molecule has 0 radical (unpaired) electrons. The molecule has 2 heterocycles. The smallest absolute Gasteiger partial charge is 0.349 e. The van der Waals surface area contributed by atoms with Gasteiger partial charge in [-0.05, 0) is 0 Å². The van der Waals surface area contributed by atoms with Crippen LogP contribution in [0.4, 0.5) is 19.0 Å². The van der Waals surface area contributed by atoms with Gasteiger partial charge < -0.3 is 10.2 Å². The van der Waals surface area contributed by atoms with Gasteiger partial charge in [0.1, 0.15) is 6.54 Å². The lowest BCUT2D eigenvalue weighted by atomic mass is 10.3. The van der Waals surface area contributed by atoms with E-state index < -0.39 is 12.7 Å². The van der Waals surface area contributed by atoms with Crippen LogP contribution in [0.25, 0.3) is 4.96 Å². The third-order valence-electron chi connectivity index (χ3n) is 2.80. The Balaban J connectivity index is 2.31. The predicted octanol–water partition coefficient (Wildman–Crippen LogP) is 2.89. The molecule has 4 nitrogen and oxygen atoms in total. The molecule has 0 atom stereocenters. The van der Waals surface area contributed by atoms with E-state index >= 15 is 0 Å². The number of rotatable bonds is 5. The summed E-state index contributed by atoms with van der Waals surface area (Å²) in [6.07, 6.45) is -2.41. The fourth-order valence-corrected chi connectivity index (χ4v) is 2.66. The van der Waals surface area contributed by atoms with Crippen molar-refractivity contribution in [3.63, 3.8) is 0 Å². The van der Waals surface area contributed by atoms with Gasteiger partial charge in [0, 0.05) is 31.2 Å². The molecule has 0 bridgehead atoms. The van der Waals surface area contributed by atoms with Crippen LogP contribution in [0.5, 0.6) is 0 Å². The van der Waals surface area contributed by atoms with Gasteiger partial charge in [-0.1, -0.05) is 13.8 Å². The minimum absolute atomic E-state index is 0.250. The summed E-state index contributed by atoms with van der Waals surface area (Å²) < 4.78 is 39.4. The van der Waals surface area contributed by atoms with E-state index in [1.165, 1.54) is 18.4 Å². The topological polar surface area (TPSA) is 32.6 Å². The van der Waals surface area contributed by atoms with Crippen molar-refractivity contribution in [2.75, 3.05) is 18.5 Å². The summed E-state index contributed by atoms with van der Waals surface area (Å²) >= 11 is 1.41. The third-order valence-corrected chi connectivity index (χ3v) is 3.55. The maximum Gasteiger partial charge on any atom is 0.405 e. The largest absolute Gasteiger partial charge is 0.405 e. The summed E-state index contributed by atoms with van der Waals surface area (Å²) in [4.78, 5) is 6.16. The number of thiazole rings is 1. The van der Waals surface area contributed by atoms with Crippen LogP contribution in [0.2, 0.25) is 0 Å². The Morgan fingerprint density at radius 2 is 2.15 bits per heavy atom. The van der Waals surface area contributed by atoms with E-state index in [9.17, 15) is 13.2 Å². The highest BCUT2D eigenvalue weighted by Gasteiger charge is 2.31. The Kier molecular flexibility index (Phi) is 4.24. The lowest BCUT2D eigenvalue weighted by Gasteiger charge is -2.20. The van der Waals surface area contributed by atoms with Crippen LogP contribution in [0.3, 0.4) is 0 Å². The van der Waals surface area contributed by atoms with Gasteiger partial charge in [-0.25, -0.2) is 4.98 Å². The summed E-state index contributed by atoms with van der Waals surface area (Å²) in [7, 11) is 1.42. The Bertz CT molecular complexity index is 573. The summed E-state index contributed by atoms with van der Waals surface area (Å²) in [6, 6.07) is 0.250. The molecule has 0 saturated carbocycles. The second-order valence-corrected chi connectivity index (χ2v) is 5.82. The van der Waals surface area contributed by atoms with E-state index in [1.807, 2.05) is 29.8 Å². The summed E-state index contributed by atoms with van der Waals surface area (Å²) in [6.45, 7) is 3.45. The number of hydrogen-bond donors (Lipinski definition) is 1. The van der Waals surface area contributed by atoms with Crippen LogP contribution in [0.15, 0.2) is 11.6 Å². The van der Waals surface area contributed by atoms with E-state index in [0.29, 0.717) is 17.3 Å². The SMILES string of the molecule is CC(C)NCc1c(N(C)CC(F)(F)F)nc2sccn12. The zero-order valence-corrected chi connectivity index (χ0v) is 12.3. The second kappa shape index (κ2) is 5.61. The van der Waals surface area contributed by atoms with Gasteiger partial charge >= 0.3 is 6.18 Å². The molecule has 0 saturated heterocycles. The molecule has 0 aliphatic heterocycles. The highest BCUT2D eigenvalue weighted by Crippen LogP contribution is 2.26. The van der Waals surface area contributed by atoms with E-state index in [4.69, 9.17) is 0 Å². The number of fused-ring (bicyclic) bond motifs is 1. The van der Waals surface area contributed by atoms with Crippen LogP contribution in [0.1, 0.15) is 19.5 Å². The fourth-order valence-electron chi connectivity index (χ4n) is 1.94. The molecule has 0 fully saturated rings. The molecule has 0 aromatic carbocycles. The van der Waals surface area contributed by atoms with Gasteiger partial charge in [-0.15, -0.1) is 11.3 Å². The fraction of sp³-hybridized carbons (Fsp3) is 0.583. The van der Waals surface area contributed by atoms with Crippen molar-refractivity contribution < 1.29 is 13.2 Å². The monoisotopic (exact) mass is 306 g/mol. The minimum Gasteiger partial charge on any atom is -0.349 e. The first kappa shape index (κ1) is 15.1. The zero-order valence-electron chi connectivity index (χ0n) is 11.5. The minimum atomic E-state index is -4.24. The first-order valence-corrected chi connectivity index (χ1v) is 7.11. The molecule has 2 aromatic heterocycles. The lowest BCUT2D eigenvalue weighted by Crippen LogP contribution is -2.32. The number of alkyl halides is 3. The maximum absolute atomic E-state index is 12.5. The molecule has 2 aromatic rings. The van der Waals surface area contributed by atoms with Crippen LogP contribution >= 0.6 is 11.3 Å². The van der Waals surface area contributed by atoms with Gasteiger partial charge in [-0.3, -0.25) is 4.40 Å². The van der Waals surface area contributed by atoms with Gasteiger partial charge in [0.2, 0.25) is 0 Å². The Morgan fingerprint density at radius 1 is 1.45 bits per heavy atom. The number of anilines is 1. The lowest BCUT2D eigenvalue weighted by molar-refractivity contribution is -0.119. The Morgan fingerprint density at radius 3 is 2.75 bits per heavy atom. The molecule has 0 amide bonds. The van der Waals surface area contributed by atoms with Crippen molar-refractivity contribution in [1.29, 1.82) is 0 Å². The summed E-state index contributed by atoms with van der Waals surface area (Å²) in [5.74, 6) is 0.377. The average molecular weight is 306 g/mol. The van der Waals surface area contributed by atoms with Gasteiger partial charge in [-0.2, -0.15) is 13.2 Å². The molecule has 20 heavy (non-hydrogen) atoms.